The molecule has 0 aliphatic heterocycles. The number of hydrogen-bond acceptors (Lipinski definition) is 5. The van der Waals surface area contributed by atoms with Crippen LogP contribution in [0, 0.1) is 0 Å². The lowest BCUT2D eigenvalue weighted by atomic mass is 10.0. The molecule has 0 aliphatic rings. The standard InChI is InChI=1S/C17H13N3O2/c1-22-17(21)16-6-15(10-20-11-16)14-5-13(8-19-9-14)12-3-2-4-18-7-12/h2-11H,1H3. The van der Waals surface area contributed by atoms with Crippen molar-refractivity contribution in [2.24, 2.45) is 0 Å². The fourth-order valence-electron chi connectivity index (χ4n) is 2.12. The van der Waals surface area contributed by atoms with Gasteiger partial charge in [-0.2, -0.15) is 0 Å². The molecule has 0 N–H and O–H groups in total. The Hall–Kier alpha value is -3.08. The van der Waals surface area contributed by atoms with Gasteiger partial charge in [-0.1, -0.05) is 6.07 Å². The quantitative estimate of drug-likeness (QED) is 0.694. The molecule has 108 valence electrons. The number of ether oxygens (including phenoxy) is 1. The Balaban J connectivity index is 2.01. The van der Waals surface area contributed by atoms with Gasteiger partial charge in [-0.3, -0.25) is 15.0 Å². The first-order valence-corrected chi connectivity index (χ1v) is 6.67. The maximum absolute atomic E-state index is 11.6. The van der Waals surface area contributed by atoms with E-state index in [1.54, 1.807) is 37.1 Å². The summed E-state index contributed by atoms with van der Waals surface area (Å²) in [6, 6.07) is 7.57. The van der Waals surface area contributed by atoms with Gasteiger partial charge in [-0.05, 0) is 18.2 Å². The number of carbonyl (C=O) groups is 1. The van der Waals surface area contributed by atoms with Crippen LogP contribution in [0.3, 0.4) is 0 Å². The second-order valence-electron chi connectivity index (χ2n) is 4.66. The molecule has 0 aromatic carbocycles. The number of pyridine rings is 3. The topological polar surface area (TPSA) is 65.0 Å². The third kappa shape index (κ3) is 2.83. The molecule has 3 aromatic rings. The van der Waals surface area contributed by atoms with Gasteiger partial charge in [0.1, 0.15) is 0 Å². The van der Waals surface area contributed by atoms with Crippen LogP contribution in [-0.2, 0) is 4.74 Å². The highest BCUT2D eigenvalue weighted by Gasteiger charge is 2.09. The van der Waals surface area contributed by atoms with E-state index in [1.165, 1.54) is 13.3 Å². The zero-order valence-electron chi connectivity index (χ0n) is 11.9. The maximum atomic E-state index is 11.6. The van der Waals surface area contributed by atoms with Crippen LogP contribution < -0.4 is 0 Å². The van der Waals surface area contributed by atoms with Crippen molar-refractivity contribution in [1.82, 2.24) is 15.0 Å². The van der Waals surface area contributed by atoms with Crippen LogP contribution in [0.2, 0.25) is 0 Å². The fourth-order valence-corrected chi connectivity index (χ4v) is 2.12. The van der Waals surface area contributed by atoms with Crippen molar-refractivity contribution >= 4 is 5.97 Å². The Morgan fingerprint density at radius 3 is 2.18 bits per heavy atom. The van der Waals surface area contributed by atoms with Crippen LogP contribution in [0.25, 0.3) is 22.3 Å². The number of aromatic nitrogens is 3. The highest BCUT2D eigenvalue weighted by Crippen LogP contribution is 2.24. The molecule has 5 heteroatoms. The third-order valence-corrected chi connectivity index (χ3v) is 3.23. The van der Waals surface area contributed by atoms with E-state index in [2.05, 4.69) is 15.0 Å². The smallest absolute Gasteiger partial charge is 0.339 e. The summed E-state index contributed by atoms with van der Waals surface area (Å²) in [7, 11) is 1.35. The average molecular weight is 291 g/mol. The van der Waals surface area contributed by atoms with Gasteiger partial charge in [-0.15, -0.1) is 0 Å². The minimum atomic E-state index is -0.411. The van der Waals surface area contributed by atoms with Gasteiger partial charge in [0.05, 0.1) is 12.7 Å². The molecule has 3 aromatic heterocycles. The lowest BCUT2D eigenvalue weighted by molar-refractivity contribution is 0.0600. The van der Waals surface area contributed by atoms with E-state index in [-0.39, 0.29) is 0 Å². The van der Waals surface area contributed by atoms with Crippen LogP contribution in [0.1, 0.15) is 10.4 Å². The summed E-state index contributed by atoms with van der Waals surface area (Å²) in [5.41, 5.74) is 4.02. The SMILES string of the molecule is COC(=O)c1cncc(-c2cncc(-c3cccnc3)c2)c1. The molecule has 0 fully saturated rings. The Labute approximate surface area is 127 Å². The van der Waals surface area contributed by atoms with Crippen LogP contribution in [0.4, 0.5) is 0 Å². The molecule has 0 amide bonds. The minimum absolute atomic E-state index is 0.409. The zero-order valence-corrected chi connectivity index (χ0v) is 11.9. The number of methoxy groups -OCH3 is 1. The lowest BCUT2D eigenvalue weighted by Gasteiger charge is -2.06. The van der Waals surface area contributed by atoms with Gasteiger partial charge in [0.2, 0.25) is 0 Å². The normalized spacial score (nSPS) is 10.2. The lowest BCUT2D eigenvalue weighted by Crippen LogP contribution is -2.01. The van der Waals surface area contributed by atoms with Crippen molar-refractivity contribution in [2.75, 3.05) is 7.11 Å². The van der Waals surface area contributed by atoms with E-state index in [9.17, 15) is 4.79 Å². The van der Waals surface area contributed by atoms with Crippen molar-refractivity contribution in [3.8, 4) is 22.3 Å². The van der Waals surface area contributed by atoms with Gasteiger partial charge in [0.15, 0.2) is 0 Å². The van der Waals surface area contributed by atoms with Crippen LogP contribution in [-0.4, -0.2) is 28.0 Å². The molecule has 0 saturated carbocycles. The minimum Gasteiger partial charge on any atom is -0.465 e. The first-order valence-electron chi connectivity index (χ1n) is 6.67. The van der Waals surface area contributed by atoms with Gasteiger partial charge in [0.25, 0.3) is 0 Å². The Morgan fingerprint density at radius 2 is 1.50 bits per heavy atom. The predicted molar refractivity (Wildman–Crippen MR) is 82.0 cm³/mol. The number of nitrogens with zero attached hydrogens (tertiary/aromatic N) is 3. The number of hydrogen-bond donors (Lipinski definition) is 0. The number of rotatable bonds is 3. The summed E-state index contributed by atoms with van der Waals surface area (Å²) < 4.78 is 4.72. The average Bonchev–Trinajstić information content (AvgIpc) is 2.62. The summed E-state index contributed by atoms with van der Waals surface area (Å²) in [6.45, 7) is 0. The van der Waals surface area contributed by atoms with Crippen molar-refractivity contribution < 1.29 is 9.53 Å². The van der Waals surface area contributed by atoms with E-state index < -0.39 is 5.97 Å². The van der Waals surface area contributed by atoms with Gasteiger partial charge in [-0.25, -0.2) is 4.79 Å². The third-order valence-electron chi connectivity index (χ3n) is 3.23. The molecule has 3 heterocycles. The summed E-state index contributed by atoms with van der Waals surface area (Å²) in [5, 5.41) is 0. The second kappa shape index (κ2) is 6.13. The Bertz CT molecular complexity index is 804. The van der Waals surface area contributed by atoms with E-state index in [0.29, 0.717) is 5.56 Å². The van der Waals surface area contributed by atoms with Crippen molar-refractivity contribution in [3.63, 3.8) is 0 Å². The summed E-state index contributed by atoms with van der Waals surface area (Å²) >= 11 is 0. The first-order chi connectivity index (χ1) is 10.8. The molecular weight excluding hydrogens is 278 g/mol. The van der Waals surface area contributed by atoms with E-state index in [0.717, 1.165) is 22.3 Å². The molecule has 0 saturated heterocycles. The molecule has 0 aliphatic carbocycles. The van der Waals surface area contributed by atoms with Gasteiger partial charge < -0.3 is 4.74 Å². The Kier molecular flexibility index (Phi) is 3.87. The molecule has 0 spiro atoms. The molecule has 0 atom stereocenters. The van der Waals surface area contributed by atoms with Crippen LogP contribution in [0.15, 0.2) is 61.4 Å². The number of carbonyl (C=O) groups excluding carboxylic acids is 1. The molecule has 0 bridgehead atoms. The summed E-state index contributed by atoms with van der Waals surface area (Å²) in [5.74, 6) is -0.411. The van der Waals surface area contributed by atoms with Crippen molar-refractivity contribution in [1.29, 1.82) is 0 Å². The van der Waals surface area contributed by atoms with E-state index >= 15 is 0 Å². The molecule has 3 rings (SSSR count). The van der Waals surface area contributed by atoms with E-state index in [4.69, 9.17) is 4.74 Å². The van der Waals surface area contributed by atoms with Gasteiger partial charge >= 0.3 is 5.97 Å². The molecule has 0 unspecified atom stereocenters. The van der Waals surface area contributed by atoms with Gasteiger partial charge in [0, 0.05) is 59.4 Å². The maximum Gasteiger partial charge on any atom is 0.339 e. The van der Waals surface area contributed by atoms with Crippen molar-refractivity contribution in [2.45, 2.75) is 0 Å². The summed E-state index contributed by atoms with van der Waals surface area (Å²) in [6.07, 6.45) is 10.2. The van der Waals surface area contributed by atoms with Crippen LogP contribution in [0.5, 0.6) is 0 Å². The highest BCUT2D eigenvalue weighted by molar-refractivity contribution is 5.90. The highest BCUT2D eigenvalue weighted by atomic mass is 16.5. The van der Waals surface area contributed by atoms with Crippen LogP contribution >= 0.6 is 0 Å². The molecular formula is C17H13N3O2. The zero-order chi connectivity index (χ0) is 15.4. The number of esters is 1. The monoisotopic (exact) mass is 291 g/mol. The Morgan fingerprint density at radius 1 is 0.864 bits per heavy atom. The van der Waals surface area contributed by atoms with E-state index in [1.807, 2.05) is 18.2 Å². The fraction of sp³-hybridized carbons (Fsp3) is 0.0588. The predicted octanol–water partition coefficient (Wildman–Crippen LogP) is 2.99. The summed E-state index contributed by atoms with van der Waals surface area (Å²) in [4.78, 5) is 24.1. The first kappa shape index (κ1) is 13.9. The molecule has 22 heavy (non-hydrogen) atoms. The molecule has 5 nitrogen and oxygen atoms in total. The molecule has 0 radical (unpaired) electrons. The second-order valence-corrected chi connectivity index (χ2v) is 4.66. The van der Waals surface area contributed by atoms with Crippen molar-refractivity contribution in [3.05, 3.63) is 67.0 Å². The largest absolute Gasteiger partial charge is 0.465 e.